The Bertz CT molecular complexity index is 970. The fourth-order valence-corrected chi connectivity index (χ4v) is 3.41. The maximum atomic E-state index is 13.7. The number of carbonyl (C=O) groups is 2. The molecule has 0 atom stereocenters. The Morgan fingerprint density at radius 2 is 1.96 bits per heavy atom. The van der Waals surface area contributed by atoms with Crippen molar-refractivity contribution in [2.24, 2.45) is 0 Å². The summed E-state index contributed by atoms with van der Waals surface area (Å²) in [5.74, 6) is -0.743. The average molecular weight is 387 g/mol. The normalized spacial score (nSPS) is 10.6. The van der Waals surface area contributed by atoms with Gasteiger partial charge < -0.3 is 14.8 Å². The SMILES string of the molecule is Cc1cccc(OCCNC(=O)COC(=O)c2cc3c(F)cccc3s2)c1. The van der Waals surface area contributed by atoms with Gasteiger partial charge in [0.25, 0.3) is 5.91 Å². The van der Waals surface area contributed by atoms with Crippen molar-refractivity contribution >= 4 is 33.3 Å². The molecule has 0 saturated heterocycles. The molecule has 3 aromatic rings. The summed E-state index contributed by atoms with van der Waals surface area (Å²) in [5, 5.41) is 2.98. The summed E-state index contributed by atoms with van der Waals surface area (Å²) >= 11 is 1.13. The van der Waals surface area contributed by atoms with E-state index in [9.17, 15) is 14.0 Å². The molecular weight excluding hydrogens is 369 g/mol. The first kappa shape index (κ1) is 18.8. The second kappa shape index (κ2) is 8.64. The second-order valence-corrected chi connectivity index (χ2v) is 6.94. The Hall–Kier alpha value is -2.93. The number of aryl methyl sites for hydroxylation is 1. The number of halogens is 1. The number of carbonyl (C=O) groups excluding carboxylic acids is 2. The zero-order chi connectivity index (χ0) is 19.2. The molecule has 0 saturated carbocycles. The standard InChI is InChI=1S/C20H18FNO4S/c1-13-4-2-5-14(10-13)25-9-8-22-19(23)12-26-20(24)18-11-15-16(21)6-3-7-17(15)27-18/h2-7,10-11H,8-9,12H2,1H3,(H,22,23). The van der Waals surface area contributed by atoms with Gasteiger partial charge in [-0.05, 0) is 42.8 Å². The summed E-state index contributed by atoms with van der Waals surface area (Å²) in [6.45, 7) is 2.16. The molecular formula is C20H18FNO4S. The van der Waals surface area contributed by atoms with Crippen molar-refractivity contribution in [1.82, 2.24) is 5.32 Å². The third-order valence-electron chi connectivity index (χ3n) is 3.73. The number of benzene rings is 2. The average Bonchev–Trinajstić information content (AvgIpc) is 3.09. The maximum Gasteiger partial charge on any atom is 0.348 e. The fourth-order valence-electron chi connectivity index (χ4n) is 2.44. The molecule has 1 heterocycles. The highest BCUT2D eigenvalue weighted by Gasteiger charge is 2.15. The Balaban J connectivity index is 1.41. The smallest absolute Gasteiger partial charge is 0.348 e. The molecule has 0 aliphatic heterocycles. The van der Waals surface area contributed by atoms with Crippen LogP contribution in [0.25, 0.3) is 10.1 Å². The van der Waals surface area contributed by atoms with Crippen LogP contribution >= 0.6 is 11.3 Å². The van der Waals surface area contributed by atoms with Gasteiger partial charge in [-0.1, -0.05) is 18.2 Å². The molecule has 0 spiro atoms. The van der Waals surface area contributed by atoms with E-state index in [1.165, 1.54) is 12.1 Å². The van der Waals surface area contributed by atoms with E-state index in [2.05, 4.69) is 5.32 Å². The zero-order valence-electron chi connectivity index (χ0n) is 14.7. The van der Waals surface area contributed by atoms with Gasteiger partial charge >= 0.3 is 5.97 Å². The Labute approximate surface area is 159 Å². The van der Waals surface area contributed by atoms with Crippen LogP contribution in [0.5, 0.6) is 5.75 Å². The predicted molar refractivity (Wildman–Crippen MR) is 102 cm³/mol. The van der Waals surface area contributed by atoms with Crippen LogP contribution in [-0.2, 0) is 9.53 Å². The Morgan fingerprint density at radius 1 is 1.15 bits per heavy atom. The summed E-state index contributed by atoms with van der Waals surface area (Å²) < 4.78 is 24.8. The molecule has 0 radical (unpaired) electrons. The third kappa shape index (κ3) is 5.04. The molecule has 0 unspecified atom stereocenters. The minimum Gasteiger partial charge on any atom is -0.492 e. The molecule has 7 heteroatoms. The molecule has 140 valence electrons. The van der Waals surface area contributed by atoms with E-state index in [0.717, 1.165) is 22.6 Å². The van der Waals surface area contributed by atoms with Gasteiger partial charge in [-0.15, -0.1) is 11.3 Å². The zero-order valence-corrected chi connectivity index (χ0v) is 15.5. The minimum atomic E-state index is -0.651. The highest BCUT2D eigenvalue weighted by atomic mass is 32.1. The lowest BCUT2D eigenvalue weighted by Crippen LogP contribution is -2.32. The van der Waals surface area contributed by atoms with Crippen molar-refractivity contribution in [1.29, 1.82) is 0 Å². The van der Waals surface area contributed by atoms with E-state index in [4.69, 9.17) is 9.47 Å². The van der Waals surface area contributed by atoms with Crippen LogP contribution in [0.2, 0.25) is 0 Å². The molecule has 5 nitrogen and oxygen atoms in total. The molecule has 2 aromatic carbocycles. The molecule has 1 aromatic heterocycles. The van der Waals surface area contributed by atoms with Gasteiger partial charge in [0.05, 0.1) is 6.54 Å². The van der Waals surface area contributed by atoms with Crippen molar-refractivity contribution < 1.29 is 23.5 Å². The van der Waals surface area contributed by atoms with Crippen LogP contribution in [0.15, 0.2) is 48.5 Å². The lowest BCUT2D eigenvalue weighted by Gasteiger charge is -2.08. The van der Waals surface area contributed by atoms with Crippen LogP contribution in [0.1, 0.15) is 15.2 Å². The molecule has 3 rings (SSSR count). The lowest BCUT2D eigenvalue weighted by atomic mass is 10.2. The topological polar surface area (TPSA) is 64.6 Å². The molecule has 1 N–H and O–H groups in total. The predicted octanol–water partition coefficient (Wildman–Crippen LogP) is 3.70. The van der Waals surface area contributed by atoms with Gasteiger partial charge in [0, 0.05) is 10.1 Å². The number of fused-ring (bicyclic) bond motifs is 1. The van der Waals surface area contributed by atoms with Crippen LogP contribution in [0.3, 0.4) is 0 Å². The van der Waals surface area contributed by atoms with E-state index in [1.807, 2.05) is 31.2 Å². The summed E-state index contributed by atoms with van der Waals surface area (Å²) in [4.78, 5) is 24.1. The molecule has 27 heavy (non-hydrogen) atoms. The first-order chi connectivity index (χ1) is 13.0. The monoisotopic (exact) mass is 387 g/mol. The van der Waals surface area contributed by atoms with Crippen LogP contribution in [0, 0.1) is 12.7 Å². The van der Waals surface area contributed by atoms with Crippen molar-refractivity contribution in [3.8, 4) is 5.75 Å². The Morgan fingerprint density at radius 3 is 2.74 bits per heavy atom. The quantitative estimate of drug-likeness (QED) is 0.496. The first-order valence-corrected chi connectivity index (χ1v) is 9.16. The van der Waals surface area contributed by atoms with Crippen LogP contribution < -0.4 is 10.1 Å². The van der Waals surface area contributed by atoms with Gasteiger partial charge in [-0.2, -0.15) is 0 Å². The summed E-state index contributed by atoms with van der Waals surface area (Å²) in [7, 11) is 0. The summed E-state index contributed by atoms with van der Waals surface area (Å²) in [5.41, 5.74) is 1.09. The fraction of sp³-hybridized carbons (Fsp3) is 0.200. The number of nitrogens with one attached hydrogen (secondary N) is 1. The van der Waals surface area contributed by atoms with Crippen LogP contribution in [-0.4, -0.2) is 31.6 Å². The molecule has 0 fully saturated rings. The highest BCUT2D eigenvalue weighted by Crippen LogP contribution is 2.28. The number of amides is 1. The van der Waals surface area contributed by atoms with Gasteiger partial charge in [-0.25, -0.2) is 9.18 Å². The van der Waals surface area contributed by atoms with E-state index in [1.54, 1.807) is 12.1 Å². The summed E-state index contributed by atoms with van der Waals surface area (Å²) in [6.07, 6.45) is 0. The van der Waals surface area contributed by atoms with Crippen molar-refractivity contribution in [2.75, 3.05) is 19.8 Å². The van der Waals surface area contributed by atoms with Gasteiger partial charge in [0.1, 0.15) is 23.1 Å². The van der Waals surface area contributed by atoms with Crippen LogP contribution in [0.4, 0.5) is 4.39 Å². The van der Waals surface area contributed by atoms with Crippen molar-refractivity contribution in [3.05, 3.63) is 64.8 Å². The molecule has 0 aliphatic carbocycles. The van der Waals surface area contributed by atoms with Gasteiger partial charge in [0.2, 0.25) is 0 Å². The minimum absolute atomic E-state index is 0.255. The molecule has 0 bridgehead atoms. The number of esters is 1. The maximum absolute atomic E-state index is 13.7. The summed E-state index contributed by atoms with van der Waals surface area (Å²) in [6, 6.07) is 13.7. The van der Waals surface area contributed by atoms with E-state index in [0.29, 0.717) is 23.2 Å². The number of hydrogen-bond donors (Lipinski definition) is 1. The first-order valence-electron chi connectivity index (χ1n) is 8.34. The van der Waals surface area contributed by atoms with E-state index >= 15 is 0 Å². The van der Waals surface area contributed by atoms with E-state index < -0.39 is 24.3 Å². The van der Waals surface area contributed by atoms with E-state index in [-0.39, 0.29) is 4.88 Å². The largest absolute Gasteiger partial charge is 0.492 e. The second-order valence-electron chi connectivity index (χ2n) is 5.85. The number of thiophene rings is 1. The van der Waals surface area contributed by atoms with Crippen molar-refractivity contribution in [2.45, 2.75) is 6.92 Å². The number of rotatable bonds is 7. The number of ether oxygens (including phenoxy) is 2. The Kier molecular flexibility index (Phi) is 6.03. The molecule has 0 aliphatic rings. The highest BCUT2D eigenvalue weighted by molar-refractivity contribution is 7.20. The van der Waals surface area contributed by atoms with Gasteiger partial charge in [0.15, 0.2) is 6.61 Å². The van der Waals surface area contributed by atoms with Gasteiger partial charge in [-0.3, -0.25) is 4.79 Å². The van der Waals surface area contributed by atoms with Crippen molar-refractivity contribution in [3.63, 3.8) is 0 Å². The number of hydrogen-bond acceptors (Lipinski definition) is 5. The third-order valence-corrected chi connectivity index (χ3v) is 4.81. The lowest BCUT2D eigenvalue weighted by molar-refractivity contribution is -0.124. The molecule has 1 amide bonds.